The number of ether oxygens (including phenoxy) is 1. The molecule has 112 valence electrons. The molecule has 1 aliphatic rings. The number of sulfonamides is 1. The molecule has 0 aromatic heterocycles. The van der Waals surface area contributed by atoms with Crippen molar-refractivity contribution in [3.8, 4) is 5.75 Å². The Bertz CT molecular complexity index is 553. The van der Waals surface area contributed by atoms with Crippen LogP contribution in [-0.4, -0.2) is 42.6 Å². The maximum atomic E-state index is 12.5. The van der Waals surface area contributed by atoms with Gasteiger partial charge in [0, 0.05) is 12.6 Å². The molecule has 0 radical (unpaired) electrons. The second-order valence-electron chi connectivity index (χ2n) is 5.45. The van der Waals surface area contributed by atoms with E-state index < -0.39 is 16.1 Å². The number of hydrogen-bond acceptors (Lipinski definition) is 4. The van der Waals surface area contributed by atoms with Crippen molar-refractivity contribution in [3.63, 3.8) is 0 Å². The van der Waals surface area contributed by atoms with Crippen molar-refractivity contribution >= 4 is 10.0 Å². The van der Waals surface area contributed by atoms with Gasteiger partial charge in [-0.15, -0.1) is 0 Å². The Kier molecular flexibility index (Phi) is 4.36. The molecule has 0 amide bonds. The van der Waals surface area contributed by atoms with Gasteiger partial charge in [0.25, 0.3) is 0 Å². The molecule has 20 heavy (non-hydrogen) atoms. The van der Waals surface area contributed by atoms with Crippen molar-refractivity contribution < 1.29 is 18.3 Å². The molecular weight excluding hydrogens is 278 g/mol. The average Bonchev–Trinajstić information content (AvgIpc) is 2.69. The molecule has 5 nitrogen and oxygen atoms in total. The third-order valence-electron chi connectivity index (χ3n) is 3.30. The third kappa shape index (κ3) is 3.13. The molecule has 1 fully saturated rings. The van der Waals surface area contributed by atoms with Gasteiger partial charge in [-0.3, -0.25) is 0 Å². The predicted molar refractivity (Wildman–Crippen MR) is 76.2 cm³/mol. The Morgan fingerprint density at radius 1 is 1.30 bits per heavy atom. The van der Waals surface area contributed by atoms with Gasteiger partial charge in [-0.1, -0.05) is 0 Å². The SMILES string of the molecule is CC(C)Oc1ccc(S(=O)(=O)N2C[C@@H](O)C[C@@H]2C)cc1. The molecule has 1 aromatic rings. The first-order valence-electron chi connectivity index (χ1n) is 6.77. The lowest BCUT2D eigenvalue weighted by Crippen LogP contribution is -2.34. The van der Waals surface area contributed by atoms with E-state index in [4.69, 9.17) is 4.74 Å². The molecule has 1 saturated heterocycles. The van der Waals surface area contributed by atoms with Crippen LogP contribution in [0, 0.1) is 0 Å². The van der Waals surface area contributed by atoms with Crippen molar-refractivity contribution in [2.45, 2.75) is 50.3 Å². The smallest absolute Gasteiger partial charge is 0.243 e. The maximum Gasteiger partial charge on any atom is 0.243 e. The number of β-amino-alcohol motifs (C(OH)–C–C–N with tert-alkyl or cyclic N) is 1. The molecule has 0 unspecified atom stereocenters. The van der Waals surface area contributed by atoms with Gasteiger partial charge >= 0.3 is 0 Å². The van der Waals surface area contributed by atoms with E-state index in [1.54, 1.807) is 24.3 Å². The Labute approximate surface area is 120 Å². The number of hydrogen-bond donors (Lipinski definition) is 1. The van der Waals surface area contributed by atoms with E-state index >= 15 is 0 Å². The van der Waals surface area contributed by atoms with Crippen molar-refractivity contribution in [3.05, 3.63) is 24.3 Å². The van der Waals surface area contributed by atoms with Gasteiger partial charge in [0.1, 0.15) is 5.75 Å². The van der Waals surface area contributed by atoms with E-state index in [-0.39, 0.29) is 23.6 Å². The Morgan fingerprint density at radius 3 is 2.35 bits per heavy atom. The lowest BCUT2D eigenvalue weighted by Gasteiger charge is -2.20. The van der Waals surface area contributed by atoms with Crippen LogP contribution in [0.2, 0.25) is 0 Å². The minimum Gasteiger partial charge on any atom is -0.491 e. The summed E-state index contributed by atoms with van der Waals surface area (Å²) < 4.78 is 31.9. The summed E-state index contributed by atoms with van der Waals surface area (Å²) in [6.07, 6.45) is -0.0529. The summed E-state index contributed by atoms with van der Waals surface area (Å²) in [6, 6.07) is 6.23. The second-order valence-corrected chi connectivity index (χ2v) is 7.34. The van der Waals surface area contributed by atoms with Gasteiger partial charge in [0.05, 0.1) is 17.1 Å². The second kappa shape index (κ2) is 5.71. The van der Waals surface area contributed by atoms with Gasteiger partial charge in [-0.05, 0) is 51.5 Å². The van der Waals surface area contributed by atoms with Crippen LogP contribution in [0.5, 0.6) is 5.75 Å². The fourth-order valence-electron chi connectivity index (χ4n) is 2.41. The van der Waals surface area contributed by atoms with E-state index in [1.807, 2.05) is 20.8 Å². The molecule has 1 N–H and O–H groups in total. The fourth-order valence-corrected chi connectivity index (χ4v) is 4.09. The maximum absolute atomic E-state index is 12.5. The summed E-state index contributed by atoms with van der Waals surface area (Å²) in [5.74, 6) is 0.647. The molecule has 6 heteroatoms. The fraction of sp³-hybridized carbons (Fsp3) is 0.571. The highest BCUT2D eigenvalue weighted by Gasteiger charge is 2.36. The van der Waals surface area contributed by atoms with E-state index in [2.05, 4.69) is 0 Å². The highest BCUT2D eigenvalue weighted by molar-refractivity contribution is 7.89. The Morgan fingerprint density at radius 2 is 1.90 bits per heavy atom. The molecule has 1 aromatic carbocycles. The van der Waals surface area contributed by atoms with Crippen LogP contribution in [-0.2, 0) is 10.0 Å². The molecule has 0 aliphatic carbocycles. The first-order valence-corrected chi connectivity index (χ1v) is 8.21. The Balaban J connectivity index is 2.22. The zero-order chi connectivity index (χ0) is 14.9. The first-order chi connectivity index (χ1) is 9.30. The number of benzene rings is 1. The summed E-state index contributed by atoms with van der Waals surface area (Å²) >= 11 is 0. The molecule has 0 bridgehead atoms. The van der Waals surface area contributed by atoms with Crippen molar-refractivity contribution in [2.24, 2.45) is 0 Å². The number of rotatable bonds is 4. The minimum absolute atomic E-state index is 0.0474. The summed E-state index contributed by atoms with van der Waals surface area (Å²) in [4.78, 5) is 0.231. The van der Waals surface area contributed by atoms with Crippen LogP contribution < -0.4 is 4.74 Å². The third-order valence-corrected chi connectivity index (χ3v) is 5.29. The summed E-state index contributed by atoms with van der Waals surface area (Å²) in [6.45, 7) is 5.80. The molecule has 1 heterocycles. The molecular formula is C14H21NO4S. The standard InChI is InChI=1S/C14H21NO4S/c1-10(2)19-13-4-6-14(7-5-13)20(17,18)15-9-12(16)8-11(15)3/h4-7,10-12,16H,8-9H2,1-3H3/t11-,12-/m0/s1. The zero-order valence-electron chi connectivity index (χ0n) is 12.0. The zero-order valence-corrected chi connectivity index (χ0v) is 12.8. The summed E-state index contributed by atoms with van der Waals surface area (Å²) in [5.41, 5.74) is 0. The van der Waals surface area contributed by atoms with Gasteiger partial charge < -0.3 is 9.84 Å². The average molecular weight is 299 g/mol. The summed E-state index contributed by atoms with van der Waals surface area (Å²) in [5, 5.41) is 9.60. The van der Waals surface area contributed by atoms with Crippen molar-refractivity contribution in [1.29, 1.82) is 0 Å². The van der Waals surface area contributed by atoms with E-state index in [1.165, 1.54) is 4.31 Å². The lowest BCUT2D eigenvalue weighted by molar-refractivity contribution is 0.188. The van der Waals surface area contributed by atoms with Crippen LogP contribution in [0.25, 0.3) is 0 Å². The van der Waals surface area contributed by atoms with Gasteiger partial charge in [-0.2, -0.15) is 4.31 Å². The lowest BCUT2D eigenvalue weighted by atomic mass is 10.2. The minimum atomic E-state index is -3.55. The molecule has 0 saturated carbocycles. The number of nitrogens with zero attached hydrogens (tertiary/aromatic N) is 1. The largest absolute Gasteiger partial charge is 0.491 e. The van der Waals surface area contributed by atoms with E-state index in [9.17, 15) is 13.5 Å². The van der Waals surface area contributed by atoms with E-state index in [0.29, 0.717) is 12.2 Å². The molecule has 2 atom stereocenters. The normalized spacial score (nSPS) is 24.2. The highest BCUT2D eigenvalue weighted by atomic mass is 32.2. The monoisotopic (exact) mass is 299 g/mol. The topological polar surface area (TPSA) is 66.8 Å². The van der Waals surface area contributed by atoms with Crippen molar-refractivity contribution in [1.82, 2.24) is 4.31 Å². The van der Waals surface area contributed by atoms with Crippen LogP contribution in [0.15, 0.2) is 29.2 Å². The first kappa shape index (κ1) is 15.3. The predicted octanol–water partition coefficient (Wildman–Crippen LogP) is 1.62. The highest BCUT2D eigenvalue weighted by Crippen LogP contribution is 2.27. The van der Waals surface area contributed by atoms with Crippen LogP contribution >= 0.6 is 0 Å². The van der Waals surface area contributed by atoms with Crippen LogP contribution in [0.4, 0.5) is 0 Å². The number of aliphatic hydroxyl groups is 1. The van der Waals surface area contributed by atoms with Crippen LogP contribution in [0.3, 0.4) is 0 Å². The number of aliphatic hydroxyl groups excluding tert-OH is 1. The van der Waals surface area contributed by atoms with Gasteiger partial charge in [0.2, 0.25) is 10.0 Å². The Hall–Kier alpha value is -1.11. The molecule has 2 rings (SSSR count). The van der Waals surface area contributed by atoms with E-state index in [0.717, 1.165) is 0 Å². The van der Waals surface area contributed by atoms with Gasteiger partial charge in [0.15, 0.2) is 0 Å². The molecule has 0 spiro atoms. The quantitative estimate of drug-likeness (QED) is 0.917. The van der Waals surface area contributed by atoms with Crippen LogP contribution in [0.1, 0.15) is 27.2 Å². The molecule has 1 aliphatic heterocycles. The summed E-state index contributed by atoms with van der Waals surface area (Å²) in [7, 11) is -3.55. The van der Waals surface area contributed by atoms with Gasteiger partial charge in [-0.25, -0.2) is 8.42 Å². The van der Waals surface area contributed by atoms with Crippen molar-refractivity contribution in [2.75, 3.05) is 6.54 Å².